The molecule has 66 valence electrons. The standard InChI is InChI=1S/C7H3Cl2F3/c1-2-5(10)3(8)7(12)4(9)6(2)11/h1H3. The minimum atomic E-state index is -1.26. The van der Waals surface area contributed by atoms with Gasteiger partial charge in [0.1, 0.15) is 10.0 Å². The molecule has 0 fully saturated rings. The van der Waals surface area contributed by atoms with Gasteiger partial charge in [-0.15, -0.1) is 0 Å². The van der Waals surface area contributed by atoms with Crippen LogP contribution in [0.3, 0.4) is 0 Å². The Morgan fingerprint density at radius 3 is 1.50 bits per heavy atom. The van der Waals surface area contributed by atoms with Gasteiger partial charge in [-0.05, 0) is 6.92 Å². The molecule has 1 rings (SSSR count). The highest BCUT2D eigenvalue weighted by Gasteiger charge is 2.19. The molecule has 0 amide bonds. The van der Waals surface area contributed by atoms with E-state index >= 15 is 0 Å². The van der Waals surface area contributed by atoms with Crippen LogP contribution in [0.4, 0.5) is 13.2 Å². The van der Waals surface area contributed by atoms with Crippen LogP contribution in [0.5, 0.6) is 0 Å². The molecule has 0 N–H and O–H groups in total. The molecule has 12 heavy (non-hydrogen) atoms. The van der Waals surface area contributed by atoms with Crippen LogP contribution in [-0.4, -0.2) is 0 Å². The highest BCUT2D eigenvalue weighted by molar-refractivity contribution is 6.35. The first-order valence-corrected chi connectivity index (χ1v) is 3.70. The van der Waals surface area contributed by atoms with E-state index in [1.165, 1.54) is 0 Å². The van der Waals surface area contributed by atoms with Crippen LogP contribution in [-0.2, 0) is 0 Å². The zero-order valence-corrected chi connectivity index (χ0v) is 7.40. The molecule has 0 atom stereocenters. The maximum Gasteiger partial charge on any atom is 0.166 e. The summed E-state index contributed by atoms with van der Waals surface area (Å²) in [5.41, 5.74) is -0.383. The molecule has 0 aliphatic carbocycles. The average Bonchev–Trinajstić information content (AvgIpc) is 2.08. The van der Waals surface area contributed by atoms with Crippen LogP contribution in [0.15, 0.2) is 0 Å². The maximum absolute atomic E-state index is 12.8. The quantitative estimate of drug-likeness (QED) is 0.457. The lowest BCUT2D eigenvalue weighted by Gasteiger charge is -2.04. The highest BCUT2D eigenvalue weighted by atomic mass is 35.5. The molecule has 5 heteroatoms. The van der Waals surface area contributed by atoms with Crippen molar-refractivity contribution in [1.82, 2.24) is 0 Å². The van der Waals surface area contributed by atoms with E-state index < -0.39 is 27.5 Å². The van der Waals surface area contributed by atoms with Gasteiger partial charge < -0.3 is 0 Å². The molecule has 0 unspecified atom stereocenters. The molecule has 0 heterocycles. The van der Waals surface area contributed by atoms with Crippen LogP contribution in [0, 0.1) is 24.4 Å². The van der Waals surface area contributed by atoms with Crippen LogP contribution >= 0.6 is 23.2 Å². The van der Waals surface area contributed by atoms with Gasteiger partial charge in [0.05, 0.1) is 0 Å². The molecule has 0 nitrogen and oxygen atoms in total. The summed E-state index contributed by atoms with van der Waals surface area (Å²) >= 11 is 10.3. The van der Waals surface area contributed by atoms with Crippen molar-refractivity contribution < 1.29 is 13.2 Å². The second-order valence-electron chi connectivity index (χ2n) is 2.19. The molecule has 0 aromatic heterocycles. The molecular formula is C7H3Cl2F3. The third kappa shape index (κ3) is 1.27. The monoisotopic (exact) mass is 214 g/mol. The molecule has 0 radical (unpaired) electrons. The number of rotatable bonds is 0. The number of halogens is 5. The van der Waals surface area contributed by atoms with Gasteiger partial charge in [0, 0.05) is 5.56 Å². The largest absolute Gasteiger partial charge is 0.205 e. The number of hydrogen-bond donors (Lipinski definition) is 0. The highest BCUT2D eigenvalue weighted by Crippen LogP contribution is 2.31. The Bertz CT molecular complexity index is 231. The Kier molecular flexibility index (Phi) is 2.54. The molecule has 0 saturated carbocycles. The van der Waals surface area contributed by atoms with Gasteiger partial charge in [0.25, 0.3) is 0 Å². The smallest absolute Gasteiger partial charge is 0.166 e. The fourth-order valence-corrected chi connectivity index (χ4v) is 1.24. The van der Waals surface area contributed by atoms with Crippen LogP contribution in [0.1, 0.15) is 5.56 Å². The normalized spacial score (nSPS) is 10.5. The van der Waals surface area contributed by atoms with Gasteiger partial charge in [-0.2, -0.15) is 0 Å². The van der Waals surface area contributed by atoms with Crippen molar-refractivity contribution >= 4 is 23.2 Å². The second-order valence-corrected chi connectivity index (χ2v) is 2.95. The Hall–Kier alpha value is -0.410. The minimum Gasteiger partial charge on any atom is -0.205 e. The number of benzene rings is 1. The van der Waals surface area contributed by atoms with E-state index in [0.717, 1.165) is 6.92 Å². The van der Waals surface area contributed by atoms with Gasteiger partial charge in [-0.1, -0.05) is 23.2 Å². The fourth-order valence-electron chi connectivity index (χ4n) is 0.715. The van der Waals surface area contributed by atoms with E-state index in [4.69, 9.17) is 23.2 Å². The van der Waals surface area contributed by atoms with Crippen molar-refractivity contribution in [2.45, 2.75) is 6.92 Å². The van der Waals surface area contributed by atoms with Gasteiger partial charge in [-0.25, -0.2) is 13.2 Å². The van der Waals surface area contributed by atoms with E-state index in [9.17, 15) is 13.2 Å². The van der Waals surface area contributed by atoms with E-state index in [0.29, 0.717) is 0 Å². The zero-order valence-electron chi connectivity index (χ0n) is 5.89. The second kappa shape index (κ2) is 3.15. The first kappa shape index (κ1) is 9.68. The van der Waals surface area contributed by atoms with Crippen molar-refractivity contribution in [3.63, 3.8) is 0 Å². The number of hydrogen-bond acceptors (Lipinski definition) is 0. The summed E-state index contributed by atoms with van der Waals surface area (Å²) in [4.78, 5) is 0. The fraction of sp³-hybridized carbons (Fsp3) is 0.143. The van der Waals surface area contributed by atoms with Gasteiger partial charge in [0.15, 0.2) is 17.5 Å². The topological polar surface area (TPSA) is 0 Å². The molecule has 1 aromatic carbocycles. The lowest BCUT2D eigenvalue weighted by molar-refractivity contribution is 0.533. The molecule has 1 aromatic rings. The first-order valence-electron chi connectivity index (χ1n) is 2.94. The molecule has 0 saturated heterocycles. The Balaban J connectivity index is 3.60. The van der Waals surface area contributed by atoms with Crippen LogP contribution < -0.4 is 0 Å². The van der Waals surface area contributed by atoms with Crippen molar-refractivity contribution in [3.05, 3.63) is 33.1 Å². The first-order chi connectivity index (χ1) is 5.46. The summed E-state index contributed by atoms with van der Waals surface area (Å²) in [6, 6.07) is 0. The molecule has 0 aliphatic rings. The van der Waals surface area contributed by atoms with Gasteiger partial charge in [-0.3, -0.25) is 0 Å². The predicted octanol–water partition coefficient (Wildman–Crippen LogP) is 3.72. The van der Waals surface area contributed by atoms with Crippen molar-refractivity contribution in [3.8, 4) is 0 Å². The van der Waals surface area contributed by atoms with E-state index in [1.54, 1.807) is 0 Å². The summed E-state index contributed by atoms with van der Waals surface area (Å²) in [5, 5.41) is -1.56. The van der Waals surface area contributed by atoms with E-state index in [2.05, 4.69) is 0 Å². The van der Waals surface area contributed by atoms with Crippen LogP contribution in [0.2, 0.25) is 10.0 Å². The summed E-state index contributed by atoms with van der Waals surface area (Å²) in [6.07, 6.45) is 0. The molecule has 0 bridgehead atoms. The van der Waals surface area contributed by atoms with Gasteiger partial charge in [0.2, 0.25) is 0 Å². The summed E-state index contributed by atoms with van der Waals surface area (Å²) < 4.78 is 38.2. The Morgan fingerprint density at radius 1 is 0.833 bits per heavy atom. The van der Waals surface area contributed by atoms with Gasteiger partial charge >= 0.3 is 0 Å². The summed E-state index contributed by atoms with van der Waals surface area (Å²) in [6.45, 7) is 1.13. The molecular weight excluding hydrogens is 212 g/mol. The Labute approximate surface area is 76.9 Å². The van der Waals surface area contributed by atoms with Crippen molar-refractivity contribution in [2.24, 2.45) is 0 Å². The lowest BCUT2D eigenvalue weighted by atomic mass is 10.2. The third-order valence-electron chi connectivity index (χ3n) is 1.43. The average molecular weight is 215 g/mol. The SMILES string of the molecule is Cc1c(F)c(Cl)c(F)c(Cl)c1F. The van der Waals surface area contributed by atoms with E-state index in [1.807, 2.05) is 0 Å². The maximum atomic E-state index is 12.8. The zero-order chi connectivity index (χ0) is 9.46. The molecule has 0 spiro atoms. The van der Waals surface area contributed by atoms with E-state index in [-0.39, 0.29) is 5.56 Å². The third-order valence-corrected chi connectivity index (χ3v) is 2.09. The molecule has 0 aliphatic heterocycles. The lowest BCUT2D eigenvalue weighted by Crippen LogP contribution is -1.95. The predicted molar refractivity (Wildman–Crippen MR) is 41.1 cm³/mol. The Morgan fingerprint density at radius 2 is 1.17 bits per heavy atom. The van der Waals surface area contributed by atoms with Crippen molar-refractivity contribution in [1.29, 1.82) is 0 Å². The summed E-state index contributed by atoms with van der Waals surface area (Å²) in [7, 11) is 0. The summed E-state index contributed by atoms with van der Waals surface area (Å²) in [5.74, 6) is -3.49. The van der Waals surface area contributed by atoms with Crippen molar-refractivity contribution in [2.75, 3.05) is 0 Å². The minimum absolute atomic E-state index is 0.383. The van der Waals surface area contributed by atoms with Crippen LogP contribution in [0.25, 0.3) is 0 Å².